The van der Waals surface area contributed by atoms with Gasteiger partial charge < -0.3 is 11.5 Å². The largest absolute Gasteiger partial charge is 0.389 e. The molecule has 0 saturated carbocycles. The van der Waals surface area contributed by atoms with Crippen LogP contribution in [0.25, 0.3) is 0 Å². The molecule has 0 radical (unpaired) electrons. The second-order valence-corrected chi connectivity index (χ2v) is 3.44. The van der Waals surface area contributed by atoms with Crippen molar-refractivity contribution in [2.75, 3.05) is 0 Å². The Kier molecular flexibility index (Phi) is 3.00. The highest BCUT2D eigenvalue weighted by atomic mass is 16.6. The summed E-state index contributed by atoms with van der Waals surface area (Å²) in [5.41, 5.74) is 10.1. The number of hydrogen-bond acceptors (Lipinski definition) is 9. The molecule has 18 heavy (non-hydrogen) atoms. The van der Waals surface area contributed by atoms with E-state index in [1.807, 2.05) is 0 Å². The van der Waals surface area contributed by atoms with Crippen LogP contribution < -0.4 is 17.2 Å². The average Bonchev–Trinajstić information content (AvgIpc) is 2.24. The SMILES string of the molecule is NC1=C([N+](=O)[O-])C=C([N+](=O)[O-])C(N)C1(N)[N+](=O)[O-]. The Hall–Kier alpha value is -2.60. The summed E-state index contributed by atoms with van der Waals surface area (Å²) in [7, 11) is 0. The lowest BCUT2D eigenvalue weighted by molar-refractivity contribution is -0.570. The van der Waals surface area contributed by atoms with E-state index in [9.17, 15) is 30.3 Å². The molecule has 0 fully saturated rings. The standard InChI is InChI=1S/C6H8N6O6/c7-4-2(10(13)14)1-3(11(15)16)5(8)6(4,9)12(17)18/h1,4H,7-9H2. The smallest absolute Gasteiger partial charge is 0.344 e. The molecule has 2 unspecified atom stereocenters. The highest BCUT2D eigenvalue weighted by molar-refractivity contribution is 5.36. The normalized spacial score (nSPS) is 27.7. The van der Waals surface area contributed by atoms with Crippen molar-refractivity contribution in [2.24, 2.45) is 17.2 Å². The van der Waals surface area contributed by atoms with Gasteiger partial charge in [0.25, 0.3) is 5.70 Å². The topological polar surface area (TPSA) is 207 Å². The molecule has 0 bridgehead atoms. The van der Waals surface area contributed by atoms with Crippen LogP contribution in [0.1, 0.15) is 0 Å². The Morgan fingerprint density at radius 1 is 1.17 bits per heavy atom. The quantitative estimate of drug-likeness (QED) is 0.287. The summed E-state index contributed by atoms with van der Waals surface area (Å²) in [6, 6.07) is -1.90. The van der Waals surface area contributed by atoms with Crippen LogP contribution in [0.2, 0.25) is 0 Å². The van der Waals surface area contributed by atoms with Gasteiger partial charge in [0.2, 0.25) is 0 Å². The first-order chi connectivity index (χ1) is 8.13. The third kappa shape index (κ3) is 1.64. The molecule has 0 spiro atoms. The van der Waals surface area contributed by atoms with E-state index in [1.54, 1.807) is 0 Å². The summed E-state index contributed by atoms with van der Waals surface area (Å²) in [5, 5.41) is 32.1. The fourth-order valence-electron chi connectivity index (χ4n) is 1.43. The summed E-state index contributed by atoms with van der Waals surface area (Å²) < 4.78 is 0. The fourth-order valence-corrected chi connectivity index (χ4v) is 1.43. The molecule has 98 valence electrons. The van der Waals surface area contributed by atoms with Crippen LogP contribution in [-0.4, -0.2) is 26.5 Å². The molecule has 0 aromatic heterocycles. The minimum atomic E-state index is -2.79. The van der Waals surface area contributed by atoms with Gasteiger partial charge in [-0.25, -0.2) is 0 Å². The lowest BCUT2D eigenvalue weighted by Crippen LogP contribution is -2.66. The second kappa shape index (κ2) is 4.01. The molecule has 0 aromatic carbocycles. The van der Waals surface area contributed by atoms with Crippen LogP contribution in [0.4, 0.5) is 0 Å². The molecule has 0 aromatic rings. The van der Waals surface area contributed by atoms with Crippen molar-refractivity contribution in [3.8, 4) is 0 Å². The molecule has 1 rings (SSSR count). The van der Waals surface area contributed by atoms with Crippen LogP contribution in [0.15, 0.2) is 23.2 Å². The maximum Gasteiger partial charge on any atom is 0.344 e. The monoisotopic (exact) mass is 260 g/mol. The maximum atomic E-state index is 10.8. The summed E-state index contributed by atoms with van der Waals surface area (Å²) in [4.78, 5) is 28.8. The van der Waals surface area contributed by atoms with E-state index in [0.29, 0.717) is 6.08 Å². The summed E-state index contributed by atoms with van der Waals surface area (Å²) in [5.74, 6) is 0. The van der Waals surface area contributed by atoms with Crippen LogP contribution in [0.5, 0.6) is 0 Å². The van der Waals surface area contributed by atoms with Gasteiger partial charge in [-0.15, -0.1) is 0 Å². The first-order valence-corrected chi connectivity index (χ1v) is 4.33. The van der Waals surface area contributed by atoms with Crippen molar-refractivity contribution >= 4 is 0 Å². The van der Waals surface area contributed by atoms with E-state index >= 15 is 0 Å². The minimum absolute atomic E-state index is 0.467. The number of nitro groups is 3. The molecule has 2 atom stereocenters. The van der Waals surface area contributed by atoms with Crippen molar-refractivity contribution in [3.05, 3.63) is 53.5 Å². The second-order valence-electron chi connectivity index (χ2n) is 3.44. The zero-order chi connectivity index (χ0) is 14.2. The van der Waals surface area contributed by atoms with Crippen LogP contribution >= 0.6 is 0 Å². The van der Waals surface area contributed by atoms with Gasteiger partial charge in [0.15, 0.2) is 11.7 Å². The molecule has 6 N–H and O–H groups in total. The van der Waals surface area contributed by atoms with Crippen molar-refractivity contribution in [2.45, 2.75) is 11.7 Å². The van der Waals surface area contributed by atoms with Gasteiger partial charge in [-0.1, -0.05) is 0 Å². The van der Waals surface area contributed by atoms with E-state index in [2.05, 4.69) is 0 Å². The minimum Gasteiger partial charge on any atom is -0.389 e. The van der Waals surface area contributed by atoms with Gasteiger partial charge in [0, 0.05) is 0 Å². The summed E-state index contributed by atoms with van der Waals surface area (Å²) >= 11 is 0. The Morgan fingerprint density at radius 3 is 2.00 bits per heavy atom. The lowest BCUT2D eigenvalue weighted by Gasteiger charge is -2.26. The Balaban J connectivity index is 3.59. The predicted octanol–water partition coefficient (Wildman–Crippen LogP) is -2.13. The molecule has 12 nitrogen and oxygen atoms in total. The molecule has 0 amide bonds. The van der Waals surface area contributed by atoms with Crippen LogP contribution in [0.3, 0.4) is 0 Å². The van der Waals surface area contributed by atoms with E-state index in [-0.39, 0.29) is 0 Å². The third-order valence-electron chi connectivity index (χ3n) is 2.49. The molecule has 1 aliphatic rings. The van der Waals surface area contributed by atoms with Gasteiger partial charge in [0.1, 0.15) is 0 Å². The molecule has 12 heteroatoms. The van der Waals surface area contributed by atoms with E-state index in [1.165, 1.54) is 0 Å². The molecular formula is C6H8N6O6. The third-order valence-corrected chi connectivity index (χ3v) is 2.49. The van der Waals surface area contributed by atoms with E-state index in [0.717, 1.165) is 0 Å². The van der Waals surface area contributed by atoms with Gasteiger partial charge >= 0.3 is 11.4 Å². The number of rotatable bonds is 3. The average molecular weight is 260 g/mol. The summed E-state index contributed by atoms with van der Waals surface area (Å²) in [6.45, 7) is 0. The highest BCUT2D eigenvalue weighted by Gasteiger charge is 2.59. The molecule has 1 aliphatic carbocycles. The number of allylic oxidation sites excluding steroid dienone is 1. The number of nitrogens with zero attached hydrogens (tertiary/aromatic N) is 3. The predicted molar refractivity (Wildman–Crippen MR) is 55.2 cm³/mol. The van der Waals surface area contributed by atoms with Crippen molar-refractivity contribution < 1.29 is 14.8 Å². The number of nitrogens with two attached hydrogens (primary N) is 3. The van der Waals surface area contributed by atoms with Crippen LogP contribution in [-0.2, 0) is 0 Å². The van der Waals surface area contributed by atoms with Gasteiger partial charge in [-0.05, 0) is 0 Å². The first kappa shape index (κ1) is 13.5. The van der Waals surface area contributed by atoms with Gasteiger partial charge in [-0.3, -0.25) is 36.1 Å². The van der Waals surface area contributed by atoms with E-state index in [4.69, 9.17) is 17.2 Å². The summed E-state index contributed by atoms with van der Waals surface area (Å²) in [6.07, 6.45) is 0.467. The van der Waals surface area contributed by atoms with Gasteiger partial charge in [0.05, 0.1) is 20.8 Å². The molecule has 0 saturated heterocycles. The number of hydrogen-bond donors (Lipinski definition) is 3. The Morgan fingerprint density at radius 2 is 1.67 bits per heavy atom. The zero-order valence-corrected chi connectivity index (χ0v) is 8.68. The van der Waals surface area contributed by atoms with Gasteiger partial charge in [-0.2, -0.15) is 0 Å². The van der Waals surface area contributed by atoms with Crippen molar-refractivity contribution in [3.63, 3.8) is 0 Å². The zero-order valence-electron chi connectivity index (χ0n) is 8.68. The molecule has 0 heterocycles. The maximum absolute atomic E-state index is 10.8. The first-order valence-electron chi connectivity index (χ1n) is 4.33. The van der Waals surface area contributed by atoms with Crippen LogP contribution in [0, 0.1) is 30.3 Å². The Labute approximate surface area is 98.2 Å². The highest BCUT2D eigenvalue weighted by Crippen LogP contribution is 2.28. The van der Waals surface area contributed by atoms with Crippen molar-refractivity contribution in [1.29, 1.82) is 0 Å². The van der Waals surface area contributed by atoms with E-state index < -0.39 is 43.6 Å². The lowest BCUT2D eigenvalue weighted by atomic mass is 9.89. The Bertz CT molecular complexity index is 511. The van der Waals surface area contributed by atoms with Crippen molar-refractivity contribution in [1.82, 2.24) is 0 Å². The molecular weight excluding hydrogens is 252 g/mol. The fraction of sp³-hybridized carbons (Fsp3) is 0.333. The molecule has 0 aliphatic heterocycles.